The van der Waals surface area contributed by atoms with Gasteiger partial charge >= 0.3 is 0 Å². The van der Waals surface area contributed by atoms with E-state index in [1.807, 2.05) is 37.3 Å². The van der Waals surface area contributed by atoms with Crippen molar-refractivity contribution in [2.24, 2.45) is 0 Å². The predicted molar refractivity (Wildman–Crippen MR) is 103 cm³/mol. The first kappa shape index (κ1) is 16.5. The molecule has 1 aromatic heterocycles. The smallest absolute Gasteiger partial charge is 0.136 e. The Bertz CT molecular complexity index is 848. The molecule has 0 bridgehead atoms. The lowest BCUT2D eigenvalue weighted by molar-refractivity contribution is 1.02. The van der Waals surface area contributed by atoms with Crippen molar-refractivity contribution >= 4 is 33.3 Å². The van der Waals surface area contributed by atoms with Crippen molar-refractivity contribution in [3.63, 3.8) is 0 Å². The van der Waals surface area contributed by atoms with E-state index in [4.69, 9.17) is 0 Å². The zero-order chi connectivity index (χ0) is 16.9. The average molecular weight is 383 g/mol. The number of rotatable bonds is 5. The van der Waals surface area contributed by atoms with Gasteiger partial charge in [-0.2, -0.15) is 0 Å². The molecule has 0 radical (unpaired) electrons. The Kier molecular flexibility index (Phi) is 5.11. The lowest BCUT2D eigenvalue weighted by Crippen LogP contribution is -2.05. The van der Waals surface area contributed by atoms with Gasteiger partial charge in [0.1, 0.15) is 17.5 Å². The molecule has 24 heavy (non-hydrogen) atoms. The minimum absolute atomic E-state index is 0.721. The molecular weight excluding hydrogens is 364 g/mol. The Morgan fingerprint density at radius 1 is 0.917 bits per heavy atom. The fraction of sp³-hybridized carbons (Fsp3) is 0.158. The maximum atomic E-state index is 4.46. The van der Waals surface area contributed by atoms with Crippen LogP contribution in [-0.2, 0) is 6.54 Å². The van der Waals surface area contributed by atoms with Gasteiger partial charge in [0.15, 0.2) is 0 Å². The first-order valence-electron chi connectivity index (χ1n) is 7.77. The summed E-state index contributed by atoms with van der Waals surface area (Å²) >= 11 is 3.54. The molecule has 1 heterocycles. The first-order chi connectivity index (χ1) is 11.6. The van der Waals surface area contributed by atoms with E-state index in [2.05, 4.69) is 67.7 Å². The van der Waals surface area contributed by atoms with Crippen molar-refractivity contribution in [2.45, 2.75) is 20.4 Å². The molecule has 0 aliphatic rings. The molecule has 0 aliphatic carbocycles. The van der Waals surface area contributed by atoms with Gasteiger partial charge in [-0.1, -0.05) is 42.0 Å². The maximum Gasteiger partial charge on any atom is 0.136 e. The molecule has 0 amide bonds. The van der Waals surface area contributed by atoms with Gasteiger partial charge in [-0.05, 0) is 47.5 Å². The van der Waals surface area contributed by atoms with E-state index < -0.39 is 0 Å². The van der Waals surface area contributed by atoms with Crippen LogP contribution < -0.4 is 10.6 Å². The van der Waals surface area contributed by atoms with Crippen LogP contribution in [0.2, 0.25) is 0 Å². The second-order valence-electron chi connectivity index (χ2n) is 5.63. The Morgan fingerprint density at radius 2 is 1.71 bits per heavy atom. The van der Waals surface area contributed by atoms with E-state index in [0.717, 1.165) is 34.2 Å². The van der Waals surface area contributed by atoms with Crippen LogP contribution in [0.4, 0.5) is 17.3 Å². The molecular formula is C19H19BrN4. The van der Waals surface area contributed by atoms with Crippen molar-refractivity contribution in [1.29, 1.82) is 0 Å². The highest BCUT2D eigenvalue weighted by molar-refractivity contribution is 9.10. The van der Waals surface area contributed by atoms with Gasteiger partial charge in [0.25, 0.3) is 0 Å². The van der Waals surface area contributed by atoms with E-state index in [9.17, 15) is 0 Å². The van der Waals surface area contributed by atoms with Gasteiger partial charge in [0.05, 0.1) is 5.69 Å². The number of nitrogens with zero attached hydrogens (tertiary/aromatic N) is 2. The number of benzene rings is 2. The molecule has 0 saturated heterocycles. The summed E-state index contributed by atoms with van der Waals surface area (Å²) in [4.78, 5) is 8.92. The Labute approximate surface area is 150 Å². The van der Waals surface area contributed by atoms with Crippen molar-refractivity contribution in [2.75, 3.05) is 10.6 Å². The largest absolute Gasteiger partial charge is 0.366 e. The molecule has 2 aromatic carbocycles. The van der Waals surface area contributed by atoms with Gasteiger partial charge in [-0.25, -0.2) is 9.97 Å². The number of hydrogen-bond donors (Lipinski definition) is 2. The summed E-state index contributed by atoms with van der Waals surface area (Å²) in [7, 11) is 0. The third-order valence-electron chi connectivity index (χ3n) is 3.53. The van der Waals surface area contributed by atoms with Crippen LogP contribution in [0, 0.1) is 13.8 Å². The Hall–Kier alpha value is -2.40. The number of nitrogens with one attached hydrogen (secondary N) is 2. The number of anilines is 3. The summed E-state index contributed by atoms with van der Waals surface area (Å²) in [5, 5.41) is 6.69. The van der Waals surface area contributed by atoms with Gasteiger partial charge < -0.3 is 10.6 Å². The Balaban J connectivity index is 1.75. The fourth-order valence-electron chi connectivity index (χ4n) is 2.44. The molecule has 122 valence electrons. The molecule has 3 rings (SSSR count). The van der Waals surface area contributed by atoms with Crippen LogP contribution in [0.1, 0.15) is 17.0 Å². The highest BCUT2D eigenvalue weighted by Crippen LogP contribution is 2.25. The van der Waals surface area contributed by atoms with Gasteiger partial charge in [-0.15, -0.1) is 0 Å². The number of para-hydroxylation sites is 1. The summed E-state index contributed by atoms with van der Waals surface area (Å²) in [6.45, 7) is 4.72. The highest BCUT2D eigenvalue weighted by Gasteiger charge is 2.05. The van der Waals surface area contributed by atoms with Gasteiger partial charge in [-0.3, -0.25) is 0 Å². The zero-order valence-electron chi connectivity index (χ0n) is 13.7. The summed E-state index contributed by atoms with van der Waals surface area (Å²) in [5.74, 6) is 2.29. The molecule has 4 nitrogen and oxygen atoms in total. The summed E-state index contributed by atoms with van der Waals surface area (Å²) in [5.41, 5.74) is 3.45. The van der Waals surface area contributed by atoms with Crippen LogP contribution in [0.25, 0.3) is 0 Å². The number of aromatic nitrogens is 2. The maximum absolute atomic E-state index is 4.46. The van der Waals surface area contributed by atoms with Crippen LogP contribution in [0.3, 0.4) is 0 Å². The van der Waals surface area contributed by atoms with Crippen LogP contribution in [0.15, 0.2) is 59.1 Å². The van der Waals surface area contributed by atoms with E-state index in [1.54, 1.807) is 0 Å². The normalized spacial score (nSPS) is 10.5. The monoisotopic (exact) mass is 382 g/mol. The molecule has 3 aromatic rings. The molecule has 0 saturated carbocycles. The van der Waals surface area contributed by atoms with Crippen LogP contribution in [-0.4, -0.2) is 9.97 Å². The second-order valence-corrected chi connectivity index (χ2v) is 6.49. The Morgan fingerprint density at radius 3 is 2.50 bits per heavy atom. The minimum Gasteiger partial charge on any atom is -0.366 e. The molecule has 0 spiro atoms. The van der Waals surface area contributed by atoms with Crippen LogP contribution >= 0.6 is 15.9 Å². The molecule has 0 fully saturated rings. The van der Waals surface area contributed by atoms with E-state index in [0.29, 0.717) is 0 Å². The number of halogens is 1. The quantitative estimate of drug-likeness (QED) is 0.635. The molecule has 0 atom stereocenters. The third kappa shape index (κ3) is 4.32. The predicted octanol–water partition coefficient (Wildman–Crippen LogP) is 5.21. The van der Waals surface area contributed by atoms with Crippen LogP contribution in [0.5, 0.6) is 0 Å². The molecule has 0 aliphatic heterocycles. The lowest BCUT2D eigenvalue weighted by Gasteiger charge is -2.11. The molecule has 2 N–H and O–H groups in total. The summed E-state index contributed by atoms with van der Waals surface area (Å²) < 4.78 is 0.996. The standard InChI is InChI=1S/C19H19BrN4/c1-13-6-5-7-15(10-13)12-21-18-11-19(23-14(2)22-18)24-17-9-4-3-8-16(17)20/h3-11H,12H2,1-2H3,(H2,21,22,23,24). The number of hydrogen-bond acceptors (Lipinski definition) is 4. The topological polar surface area (TPSA) is 49.8 Å². The van der Waals surface area contributed by atoms with E-state index in [-0.39, 0.29) is 0 Å². The van der Waals surface area contributed by atoms with Crippen molar-refractivity contribution in [1.82, 2.24) is 9.97 Å². The zero-order valence-corrected chi connectivity index (χ0v) is 15.3. The minimum atomic E-state index is 0.721. The third-order valence-corrected chi connectivity index (χ3v) is 4.22. The first-order valence-corrected chi connectivity index (χ1v) is 8.56. The summed E-state index contributed by atoms with van der Waals surface area (Å²) in [6, 6.07) is 18.3. The van der Waals surface area contributed by atoms with Crippen molar-refractivity contribution in [3.05, 3.63) is 76.0 Å². The van der Waals surface area contributed by atoms with Crippen molar-refractivity contribution in [3.8, 4) is 0 Å². The van der Waals surface area contributed by atoms with Gasteiger partial charge in [0, 0.05) is 17.1 Å². The average Bonchev–Trinajstić information content (AvgIpc) is 2.55. The SMILES string of the molecule is Cc1cccc(CNc2cc(Nc3ccccc3Br)nc(C)n2)c1. The van der Waals surface area contributed by atoms with E-state index in [1.165, 1.54) is 11.1 Å². The van der Waals surface area contributed by atoms with E-state index >= 15 is 0 Å². The van der Waals surface area contributed by atoms with Gasteiger partial charge in [0.2, 0.25) is 0 Å². The summed E-state index contributed by atoms with van der Waals surface area (Å²) in [6.07, 6.45) is 0. The van der Waals surface area contributed by atoms with Crippen molar-refractivity contribution < 1.29 is 0 Å². The fourth-order valence-corrected chi connectivity index (χ4v) is 2.82. The second kappa shape index (κ2) is 7.45. The molecule has 0 unspecified atom stereocenters. The molecule has 5 heteroatoms. The number of aryl methyl sites for hydroxylation is 2. The highest BCUT2D eigenvalue weighted by atomic mass is 79.9. The lowest BCUT2D eigenvalue weighted by atomic mass is 10.1.